The largest absolute Gasteiger partial charge is 0.480 e. The van der Waals surface area contributed by atoms with Gasteiger partial charge in [-0.1, -0.05) is 6.07 Å². The van der Waals surface area contributed by atoms with Crippen LogP contribution in [-0.4, -0.2) is 27.0 Å². The van der Waals surface area contributed by atoms with Gasteiger partial charge in [0.2, 0.25) is 5.88 Å². The zero-order chi connectivity index (χ0) is 12.4. The van der Waals surface area contributed by atoms with Crippen molar-refractivity contribution in [1.29, 1.82) is 0 Å². The number of hydrogen-bond donors (Lipinski definition) is 0. The van der Waals surface area contributed by atoms with E-state index in [0.29, 0.717) is 23.0 Å². The second-order valence-corrected chi connectivity index (χ2v) is 3.65. The van der Waals surface area contributed by atoms with E-state index in [1.54, 1.807) is 19.5 Å². The molecule has 0 unspecified atom stereocenters. The molecule has 0 N–H and O–H groups in total. The fraction of sp³-hybridized carbons (Fsp3) is 0.0769. The summed E-state index contributed by atoms with van der Waals surface area (Å²) in [5.41, 5.74) is 1.30. The number of hydrogen-bond acceptors (Lipinski definition) is 5. The van der Waals surface area contributed by atoms with Crippen LogP contribution in [0.5, 0.6) is 5.88 Å². The molecule has 0 atom stereocenters. The van der Waals surface area contributed by atoms with Crippen molar-refractivity contribution in [2.75, 3.05) is 7.11 Å². The number of fused-ring (bicyclic) bond motifs is 1. The van der Waals surface area contributed by atoms with E-state index in [9.17, 15) is 0 Å². The van der Waals surface area contributed by atoms with Crippen LogP contribution >= 0.6 is 0 Å². The van der Waals surface area contributed by atoms with Gasteiger partial charge in [0.1, 0.15) is 5.69 Å². The third-order valence-corrected chi connectivity index (χ3v) is 2.52. The molecule has 3 rings (SSSR count). The van der Waals surface area contributed by atoms with Gasteiger partial charge in [0.15, 0.2) is 11.5 Å². The van der Waals surface area contributed by atoms with Crippen LogP contribution in [0.1, 0.15) is 0 Å². The molecule has 3 heterocycles. The van der Waals surface area contributed by atoms with Crippen molar-refractivity contribution in [2.45, 2.75) is 0 Å². The molecule has 3 aromatic rings. The predicted molar refractivity (Wildman–Crippen MR) is 67.1 cm³/mol. The Balaban J connectivity index is 2.26. The first-order valence-corrected chi connectivity index (χ1v) is 5.46. The Labute approximate surface area is 104 Å². The van der Waals surface area contributed by atoms with Crippen molar-refractivity contribution in [1.82, 2.24) is 19.9 Å². The standard InChI is InChI=1S/C13H10N4O/c1-18-13-9-5-4-8-15-11(9)16-12(17-13)10-6-2-3-7-14-10/h2-8H,1H3. The first kappa shape index (κ1) is 10.6. The predicted octanol–water partition coefficient (Wildman–Crippen LogP) is 2.10. The molecule has 0 amide bonds. The van der Waals surface area contributed by atoms with Crippen LogP contribution in [0.3, 0.4) is 0 Å². The molecule has 0 radical (unpaired) electrons. The second kappa shape index (κ2) is 4.37. The molecule has 88 valence electrons. The molecule has 0 saturated carbocycles. The molecule has 0 aromatic carbocycles. The maximum atomic E-state index is 5.27. The summed E-state index contributed by atoms with van der Waals surface area (Å²) in [5, 5.41) is 0.791. The van der Waals surface area contributed by atoms with Crippen LogP contribution in [0.15, 0.2) is 42.7 Å². The Bertz CT molecular complexity index is 685. The van der Waals surface area contributed by atoms with Gasteiger partial charge in [-0.05, 0) is 24.3 Å². The van der Waals surface area contributed by atoms with Gasteiger partial charge in [0.05, 0.1) is 12.5 Å². The maximum absolute atomic E-state index is 5.27. The van der Waals surface area contributed by atoms with E-state index in [2.05, 4.69) is 19.9 Å². The molecular formula is C13H10N4O. The van der Waals surface area contributed by atoms with E-state index in [1.165, 1.54) is 0 Å². The smallest absolute Gasteiger partial charge is 0.226 e. The number of methoxy groups -OCH3 is 1. The van der Waals surface area contributed by atoms with Crippen LogP contribution in [0.25, 0.3) is 22.6 Å². The number of ether oxygens (including phenoxy) is 1. The van der Waals surface area contributed by atoms with Gasteiger partial charge in [0.25, 0.3) is 0 Å². The van der Waals surface area contributed by atoms with Crippen LogP contribution in [-0.2, 0) is 0 Å². The minimum absolute atomic E-state index is 0.508. The van der Waals surface area contributed by atoms with Crippen molar-refractivity contribution in [3.05, 3.63) is 42.7 Å². The molecule has 0 aliphatic heterocycles. The van der Waals surface area contributed by atoms with Crippen LogP contribution in [0, 0.1) is 0 Å². The van der Waals surface area contributed by atoms with Gasteiger partial charge >= 0.3 is 0 Å². The number of nitrogens with zero attached hydrogens (tertiary/aromatic N) is 4. The highest BCUT2D eigenvalue weighted by Gasteiger charge is 2.10. The lowest BCUT2D eigenvalue weighted by Gasteiger charge is -2.05. The quantitative estimate of drug-likeness (QED) is 0.684. The molecule has 0 fully saturated rings. The summed E-state index contributed by atoms with van der Waals surface area (Å²) in [5.74, 6) is 1.02. The van der Waals surface area contributed by atoms with Crippen LogP contribution in [0.4, 0.5) is 0 Å². The first-order chi connectivity index (χ1) is 8.88. The fourth-order valence-electron chi connectivity index (χ4n) is 1.70. The normalized spacial score (nSPS) is 10.5. The van der Waals surface area contributed by atoms with E-state index < -0.39 is 0 Å². The minimum atomic E-state index is 0.508. The van der Waals surface area contributed by atoms with Crippen molar-refractivity contribution >= 4 is 11.0 Å². The second-order valence-electron chi connectivity index (χ2n) is 3.65. The number of aromatic nitrogens is 4. The summed E-state index contributed by atoms with van der Waals surface area (Å²) in [7, 11) is 1.58. The Hall–Kier alpha value is -2.56. The van der Waals surface area contributed by atoms with E-state index >= 15 is 0 Å². The summed E-state index contributed by atoms with van der Waals surface area (Å²) in [6.45, 7) is 0. The molecule has 0 spiro atoms. The highest BCUT2D eigenvalue weighted by molar-refractivity contribution is 5.81. The third-order valence-electron chi connectivity index (χ3n) is 2.52. The van der Waals surface area contributed by atoms with E-state index in [4.69, 9.17) is 4.74 Å². The molecule has 0 aliphatic rings. The van der Waals surface area contributed by atoms with Gasteiger partial charge in [-0.25, -0.2) is 9.97 Å². The summed E-state index contributed by atoms with van der Waals surface area (Å²) < 4.78 is 5.27. The van der Waals surface area contributed by atoms with Gasteiger partial charge in [-0.2, -0.15) is 4.98 Å². The molecule has 3 aromatic heterocycles. The Morgan fingerprint density at radius 3 is 2.61 bits per heavy atom. The highest BCUT2D eigenvalue weighted by Crippen LogP contribution is 2.23. The van der Waals surface area contributed by atoms with Crippen molar-refractivity contribution in [2.24, 2.45) is 0 Å². The average Bonchev–Trinajstić information content (AvgIpc) is 2.47. The minimum Gasteiger partial charge on any atom is -0.480 e. The molecule has 18 heavy (non-hydrogen) atoms. The lowest BCUT2D eigenvalue weighted by Crippen LogP contribution is -1.98. The average molecular weight is 238 g/mol. The van der Waals surface area contributed by atoms with Gasteiger partial charge in [-0.15, -0.1) is 0 Å². The lowest BCUT2D eigenvalue weighted by molar-refractivity contribution is 0.403. The van der Waals surface area contributed by atoms with Crippen molar-refractivity contribution < 1.29 is 4.74 Å². The van der Waals surface area contributed by atoms with Crippen LogP contribution in [0.2, 0.25) is 0 Å². The van der Waals surface area contributed by atoms with Gasteiger partial charge in [-0.3, -0.25) is 4.98 Å². The summed E-state index contributed by atoms with van der Waals surface area (Å²) in [6.07, 6.45) is 3.39. The molecular weight excluding hydrogens is 228 g/mol. The molecule has 5 heteroatoms. The monoisotopic (exact) mass is 238 g/mol. The fourth-order valence-corrected chi connectivity index (χ4v) is 1.70. The number of rotatable bonds is 2. The molecule has 0 saturated heterocycles. The lowest BCUT2D eigenvalue weighted by atomic mass is 10.3. The van der Waals surface area contributed by atoms with Crippen molar-refractivity contribution in [3.63, 3.8) is 0 Å². The molecule has 0 bridgehead atoms. The SMILES string of the molecule is COc1nc(-c2ccccn2)nc2ncccc12. The topological polar surface area (TPSA) is 60.8 Å². The van der Waals surface area contributed by atoms with Crippen molar-refractivity contribution in [3.8, 4) is 17.4 Å². The Morgan fingerprint density at radius 2 is 1.83 bits per heavy atom. The third kappa shape index (κ3) is 1.75. The van der Waals surface area contributed by atoms with Gasteiger partial charge < -0.3 is 4.74 Å². The first-order valence-electron chi connectivity index (χ1n) is 5.46. The zero-order valence-corrected chi connectivity index (χ0v) is 9.74. The molecule has 5 nitrogen and oxygen atoms in total. The highest BCUT2D eigenvalue weighted by atomic mass is 16.5. The Kier molecular flexibility index (Phi) is 2.57. The van der Waals surface area contributed by atoms with Crippen LogP contribution < -0.4 is 4.74 Å². The van der Waals surface area contributed by atoms with E-state index in [1.807, 2.05) is 30.3 Å². The summed E-state index contributed by atoms with van der Waals surface area (Å²) in [4.78, 5) is 17.2. The number of pyridine rings is 2. The maximum Gasteiger partial charge on any atom is 0.226 e. The summed E-state index contributed by atoms with van der Waals surface area (Å²) in [6, 6.07) is 9.29. The zero-order valence-electron chi connectivity index (χ0n) is 9.74. The van der Waals surface area contributed by atoms with E-state index in [-0.39, 0.29) is 0 Å². The van der Waals surface area contributed by atoms with E-state index in [0.717, 1.165) is 5.39 Å². The summed E-state index contributed by atoms with van der Waals surface area (Å²) >= 11 is 0. The van der Waals surface area contributed by atoms with Gasteiger partial charge in [0, 0.05) is 12.4 Å². The Morgan fingerprint density at radius 1 is 0.944 bits per heavy atom. The molecule has 0 aliphatic carbocycles.